The number of aliphatic hydroxyl groups is 1. The summed E-state index contributed by atoms with van der Waals surface area (Å²) in [7, 11) is 0. The molecule has 2 aromatic carbocycles. The molecule has 0 unspecified atom stereocenters. The minimum Gasteiger partial charge on any atom is -0.388 e. The molecule has 1 atom stereocenters. The van der Waals surface area contributed by atoms with Crippen molar-refractivity contribution in [2.75, 3.05) is 0 Å². The third-order valence-corrected chi connectivity index (χ3v) is 4.59. The van der Waals surface area contributed by atoms with E-state index in [1.165, 1.54) is 10.8 Å². The van der Waals surface area contributed by atoms with Crippen molar-refractivity contribution in [3.8, 4) is 0 Å². The van der Waals surface area contributed by atoms with Gasteiger partial charge in [-0.1, -0.05) is 44.2 Å². The molecule has 1 heterocycles. The second-order valence-electron chi connectivity index (χ2n) is 6.94. The highest BCUT2D eigenvalue weighted by atomic mass is 16.3. The van der Waals surface area contributed by atoms with Gasteiger partial charge in [0.1, 0.15) is 0 Å². The van der Waals surface area contributed by atoms with E-state index in [4.69, 9.17) is 4.98 Å². The molecular weight excluding hydrogens is 258 g/mol. The van der Waals surface area contributed by atoms with Gasteiger partial charge in [-0.05, 0) is 41.2 Å². The quantitative estimate of drug-likeness (QED) is 0.618. The van der Waals surface area contributed by atoms with Gasteiger partial charge in [0.05, 0.1) is 11.6 Å². The Balaban J connectivity index is 2.03. The lowest BCUT2D eigenvalue weighted by Gasteiger charge is -2.34. The molecule has 0 radical (unpaired) electrons. The fourth-order valence-corrected chi connectivity index (χ4v) is 3.57. The number of aliphatic hydroxyl groups excluding tert-OH is 1. The lowest BCUT2D eigenvalue weighted by Crippen LogP contribution is -2.26. The number of fused-ring (bicyclic) bond motifs is 4. The van der Waals surface area contributed by atoms with Crippen LogP contribution < -0.4 is 0 Å². The Bertz CT molecular complexity index is 851. The molecular formula is C19H19NO. The van der Waals surface area contributed by atoms with Gasteiger partial charge in [-0.2, -0.15) is 0 Å². The maximum Gasteiger partial charge on any atom is 0.0813 e. The van der Waals surface area contributed by atoms with Crippen molar-refractivity contribution in [2.45, 2.75) is 32.8 Å². The summed E-state index contributed by atoms with van der Waals surface area (Å²) >= 11 is 0. The van der Waals surface area contributed by atoms with Gasteiger partial charge in [-0.15, -0.1) is 0 Å². The van der Waals surface area contributed by atoms with Crippen molar-refractivity contribution >= 4 is 21.7 Å². The Morgan fingerprint density at radius 2 is 1.90 bits per heavy atom. The van der Waals surface area contributed by atoms with E-state index in [0.717, 1.165) is 35.0 Å². The summed E-state index contributed by atoms with van der Waals surface area (Å²) in [4.78, 5) is 4.85. The number of nitrogens with zero attached hydrogens (tertiary/aromatic N) is 1. The third-order valence-electron chi connectivity index (χ3n) is 4.59. The summed E-state index contributed by atoms with van der Waals surface area (Å²) < 4.78 is 0. The molecule has 1 aromatic heterocycles. The highest BCUT2D eigenvalue weighted by Crippen LogP contribution is 2.41. The molecule has 0 aliphatic heterocycles. The van der Waals surface area contributed by atoms with Crippen LogP contribution in [-0.4, -0.2) is 10.1 Å². The second-order valence-corrected chi connectivity index (χ2v) is 6.94. The smallest absolute Gasteiger partial charge is 0.0813 e. The highest BCUT2D eigenvalue weighted by Gasteiger charge is 2.32. The largest absolute Gasteiger partial charge is 0.388 e. The van der Waals surface area contributed by atoms with Crippen LogP contribution in [0.5, 0.6) is 0 Å². The number of hydrogen-bond donors (Lipinski definition) is 1. The lowest BCUT2D eigenvalue weighted by molar-refractivity contribution is 0.0985. The average molecular weight is 277 g/mol. The van der Waals surface area contributed by atoms with Crippen molar-refractivity contribution in [3.05, 3.63) is 53.7 Å². The van der Waals surface area contributed by atoms with Crippen molar-refractivity contribution in [3.63, 3.8) is 0 Å². The van der Waals surface area contributed by atoms with Crippen LogP contribution in [0.15, 0.2) is 42.5 Å². The van der Waals surface area contributed by atoms with E-state index in [-0.39, 0.29) is 5.41 Å². The minimum absolute atomic E-state index is 0.115. The molecule has 3 aromatic rings. The number of aromatic nitrogens is 1. The molecule has 0 spiro atoms. The predicted octanol–water partition coefficient (Wildman–Crippen LogP) is 4.39. The molecule has 1 N–H and O–H groups in total. The predicted molar refractivity (Wildman–Crippen MR) is 86.3 cm³/mol. The fourth-order valence-electron chi connectivity index (χ4n) is 3.57. The lowest BCUT2D eigenvalue weighted by atomic mass is 9.74. The number of pyridine rings is 1. The van der Waals surface area contributed by atoms with E-state index >= 15 is 0 Å². The van der Waals surface area contributed by atoms with E-state index in [9.17, 15) is 5.11 Å². The summed E-state index contributed by atoms with van der Waals surface area (Å²) in [5.74, 6) is 0. The maximum atomic E-state index is 10.5. The summed E-state index contributed by atoms with van der Waals surface area (Å²) in [6.07, 6.45) is 1.33. The van der Waals surface area contributed by atoms with Crippen molar-refractivity contribution in [1.29, 1.82) is 0 Å². The van der Waals surface area contributed by atoms with Crippen LogP contribution in [0, 0.1) is 5.41 Å². The van der Waals surface area contributed by atoms with E-state index < -0.39 is 6.10 Å². The molecule has 106 valence electrons. The maximum absolute atomic E-state index is 10.5. The van der Waals surface area contributed by atoms with Crippen LogP contribution in [0.25, 0.3) is 21.7 Å². The number of rotatable bonds is 0. The zero-order valence-corrected chi connectivity index (χ0v) is 12.4. The summed E-state index contributed by atoms with van der Waals surface area (Å²) in [5, 5.41) is 14.1. The monoisotopic (exact) mass is 277 g/mol. The third kappa shape index (κ3) is 2.02. The van der Waals surface area contributed by atoms with Crippen molar-refractivity contribution in [1.82, 2.24) is 4.98 Å². The van der Waals surface area contributed by atoms with Gasteiger partial charge in [-0.25, -0.2) is 0 Å². The van der Waals surface area contributed by atoms with Crippen LogP contribution >= 0.6 is 0 Å². The van der Waals surface area contributed by atoms with Crippen LogP contribution in [0.4, 0.5) is 0 Å². The zero-order valence-electron chi connectivity index (χ0n) is 12.4. The Hall–Kier alpha value is -1.93. The molecule has 21 heavy (non-hydrogen) atoms. The highest BCUT2D eigenvalue weighted by molar-refractivity contribution is 6.06. The molecule has 0 fully saturated rings. The Kier molecular flexibility index (Phi) is 2.61. The average Bonchev–Trinajstić information content (AvgIpc) is 2.44. The first-order chi connectivity index (χ1) is 10.0. The topological polar surface area (TPSA) is 33.1 Å². The Morgan fingerprint density at radius 1 is 1.10 bits per heavy atom. The van der Waals surface area contributed by atoms with Gasteiger partial charge in [0.15, 0.2) is 0 Å². The van der Waals surface area contributed by atoms with Gasteiger partial charge < -0.3 is 5.11 Å². The molecule has 1 aliphatic carbocycles. The van der Waals surface area contributed by atoms with E-state index in [2.05, 4.69) is 56.3 Å². The molecule has 0 saturated heterocycles. The molecule has 0 amide bonds. The molecule has 0 bridgehead atoms. The first-order valence-corrected chi connectivity index (χ1v) is 7.53. The molecule has 2 nitrogen and oxygen atoms in total. The Labute approximate surface area is 124 Å². The van der Waals surface area contributed by atoms with Crippen LogP contribution in [0.1, 0.15) is 37.6 Å². The summed E-state index contributed by atoms with van der Waals surface area (Å²) in [6.45, 7) is 4.40. The standard InChI is InChI=1S/C19H19NO/c1-19(2)10-17-15(18(21)11-19)9-14-13-6-4-3-5-12(13)7-8-16(14)20-17/h3-9,18,21H,10-11H2,1-2H3/t18-/m1/s1. The Morgan fingerprint density at radius 3 is 2.76 bits per heavy atom. The fraction of sp³-hybridized carbons (Fsp3) is 0.316. The van der Waals surface area contributed by atoms with Gasteiger partial charge >= 0.3 is 0 Å². The number of hydrogen-bond acceptors (Lipinski definition) is 2. The van der Waals surface area contributed by atoms with Gasteiger partial charge in [0.2, 0.25) is 0 Å². The second kappa shape index (κ2) is 4.28. The van der Waals surface area contributed by atoms with Crippen LogP contribution in [0.3, 0.4) is 0 Å². The van der Waals surface area contributed by atoms with Crippen LogP contribution in [-0.2, 0) is 6.42 Å². The molecule has 1 aliphatic rings. The van der Waals surface area contributed by atoms with Crippen molar-refractivity contribution in [2.24, 2.45) is 5.41 Å². The zero-order chi connectivity index (χ0) is 14.6. The van der Waals surface area contributed by atoms with Crippen molar-refractivity contribution < 1.29 is 5.11 Å². The minimum atomic E-state index is -0.403. The van der Waals surface area contributed by atoms with E-state index in [0.29, 0.717) is 0 Å². The molecule has 4 rings (SSSR count). The van der Waals surface area contributed by atoms with Gasteiger partial charge in [-0.3, -0.25) is 4.98 Å². The summed E-state index contributed by atoms with van der Waals surface area (Å²) in [6, 6.07) is 14.7. The van der Waals surface area contributed by atoms with Gasteiger partial charge in [0, 0.05) is 16.6 Å². The van der Waals surface area contributed by atoms with E-state index in [1.54, 1.807) is 0 Å². The first kappa shape index (κ1) is 12.8. The molecule has 2 heteroatoms. The SMILES string of the molecule is CC1(C)Cc2nc3ccc4ccccc4c3cc2[C@H](O)C1. The first-order valence-electron chi connectivity index (χ1n) is 7.53. The number of benzene rings is 2. The van der Waals surface area contributed by atoms with E-state index in [1.807, 2.05) is 0 Å². The van der Waals surface area contributed by atoms with Gasteiger partial charge in [0.25, 0.3) is 0 Å². The normalized spacial score (nSPS) is 20.6. The van der Waals surface area contributed by atoms with Crippen LogP contribution in [0.2, 0.25) is 0 Å². The summed E-state index contributed by atoms with van der Waals surface area (Å²) in [5.41, 5.74) is 3.21. The molecule has 0 saturated carbocycles.